The molecule has 0 aliphatic heterocycles. The third-order valence-corrected chi connectivity index (χ3v) is 16.9. The van der Waals surface area contributed by atoms with Crippen LogP contribution in [0.4, 0.5) is 0 Å². The third-order valence-electron chi connectivity index (χ3n) is 16.9. The van der Waals surface area contributed by atoms with Gasteiger partial charge in [-0.25, -0.2) is 0 Å². The number of allylic oxidation sites excluding steroid dienone is 2. The van der Waals surface area contributed by atoms with Gasteiger partial charge in [-0.1, -0.05) is 102 Å². The average molecular weight is 1280 g/mol. The lowest BCUT2D eigenvalue weighted by atomic mass is 9.85. The summed E-state index contributed by atoms with van der Waals surface area (Å²) in [5.74, 6) is -10.6. The number of aliphatic hydroxyl groups is 2. The van der Waals surface area contributed by atoms with Gasteiger partial charge in [-0.2, -0.15) is 0 Å². The number of rotatable bonds is 43. The van der Waals surface area contributed by atoms with Crippen molar-refractivity contribution < 1.29 is 72.8 Å². The van der Waals surface area contributed by atoms with Gasteiger partial charge in [0.1, 0.15) is 42.8 Å². The molecule has 0 bridgehead atoms. The summed E-state index contributed by atoms with van der Waals surface area (Å²) in [6.45, 7) is 28.0. The quantitative estimate of drug-likeness (QED) is 0.0364. The van der Waals surface area contributed by atoms with E-state index in [1.165, 1.54) is 68.8 Å². The zero-order valence-electron chi connectivity index (χ0n) is 59.0. The maximum absolute atomic E-state index is 15.1. The van der Waals surface area contributed by atoms with Gasteiger partial charge in [-0.15, -0.1) is 0 Å². The average Bonchev–Trinajstić information content (AvgIpc) is 1.17. The van der Waals surface area contributed by atoms with E-state index in [9.17, 15) is 58.2 Å². The van der Waals surface area contributed by atoms with E-state index in [1.54, 1.807) is 67.7 Å². The molecule has 24 heteroatoms. The molecule has 6 N–H and O–H groups in total. The number of aliphatic hydroxyl groups excluding tert-OH is 2. The monoisotopic (exact) mass is 1280 g/mol. The zero-order chi connectivity index (χ0) is 69.9. The Morgan fingerprint density at radius 1 is 0.556 bits per heavy atom. The first-order valence-corrected chi connectivity index (χ1v) is 32.4. The Hall–Kier alpha value is -5.85. The van der Waals surface area contributed by atoms with Gasteiger partial charge >= 0.3 is 5.97 Å². The second-order valence-corrected chi connectivity index (χ2v) is 26.7. The smallest absolute Gasteiger partial charge is 0.323 e. The molecular formula is C66H119N9O15. The van der Waals surface area contributed by atoms with Gasteiger partial charge in [-0.05, 0) is 108 Å². The van der Waals surface area contributed by atoms with E-state index >= 15 is 4.79 Å². The number of carbonyl (C=O) groups excluding carboxylic acids is 10. The number of hydrogen-bond acceptors (Lipinski definition) is 15. The van der Waals surface area contributed by atoms with Crippen molar-refractivity contribution in [3.05, 3.63) is 12.2 Å². The molecule has 0 aromatic carbocycles. The molecule has 0 aromatic heterocycles. The van der Waals surface area contributed by atoms with Crippen molar-refractivity contribution in [2.75, 3.05) is 69.1 Å². The van der Waals surface area contributed by atoms with Crippen LogP contribution in [0.25, 0.3) is 0 Å². The van der Waals surface area contributed by atoms with Gasteiger partial charge < -0.3 is 65.4 Å². The van der Waals surface area contributed by atoms with E-state index in [0.717, 1.165) is 9.80 Å². The molecule has 13 atom stereocenters. The number of amides is 8. The van der Waals surface area contributed by atoms with Gasteiger partial charge in [0.25, 0.3) is 0 Å². The number of hydrogen-bond donors (Lipinski definition) is 6. The Morgan fingerprint density at radius 3 is 1.50 bits per heavy atom. The minimum atomic E-state index is -1.59. The first-order valence-electron chi connectivity index (χ1n) is 32.4. The summed E-state index contributed by atoms with van der Waals surface area (Å²) in [6.07, 6.45) is 3.32. The van der Waals surface area contributed by atoms with Crippen LogP contribution in [0, 0.1) is 47.3 Å². The molecule has 518 valence electrons. The van der Waals surface area contributed by atoms with E-state index in [2.05, 4.69) is 16.0 Å². The molecule has 24 nitrogen and oxygen atoms in total. The predicted octanol–water partition coefficient (Wildman–Crippen LogP) is 4.41. The number of unbranched alkanes of at least 4 members (excludes halogenated alkanes) is 1. The number of aliphatic carboxylic acids is 1. The lowest BCUT2D eigenvalue weighted by molar-refractivity contribution is -0.157. The van der Waals surface area contributed by atoms with E-state index in [4.69, 9.17) is 9.84 Å². The molecule has 0 heterocycles. The Balaban J connectivity index is 6.92. The first kappa shape index (κ1) is 84.2. The fourth-order valence-corrected chi connectivity index (χ4v) is 11.2. The molecule has 0 unspecified atom stereocenters. The molecule has 0 saturated heterocycles. The fourth-order valence-electron chi connectivity index (χ4n) is 11.2. The molecule has 0 radical (unpaired) electrons. The SMILES string of the molecule is C/C=C/C[C@@H](C)[C@@H](O)[C@@H](C(=O)N[C@@H](CC)C(=O)N(C)CC(=O)O)N(C)C(=O)[C@H](C(C)C)N(C)C(=O)[C@H](CC(C)C)N(C)C(=O)[C@H](CC(C)C)N(C)C(=O)[C@@H](C)NC(=O)[C@H](C)CC(=O)[C@@H](CC(C)C)N(C)C(=O)[C@@H](CC(=O)[C@@H](NC)[C@H](C)OCCCCO)C(C)C. The van der Waals surface area contributed by atoms with Crippen LogP contribution in [-0.2, 0) is 57.5 Å². The number of carboxylic acids is 1. The second-order valence-electron chi connectivity index (χ2n) is 26.7. The minimum Gasteiger partial charge on any atom is -0.480 e. The van der Waals surface area contributed by atoms with Crippen LogP contribution in [-0.4, -0.2) is 239 Å². The van der Waals surface area contributed by atoms with Crippen LogP contribution >= 0.6 is 0 Å². The number of ketones is 2. The maximum Gasteiger partial charge on any atom is 0.323 e. The predicted molar refractivity (Wildman–Crippen MR) is 347 cm³/mol. The van der Waals surface area contributed by atoms with Crippen molar-refractivity contribution in [1.82, 2.24) is 45.3 Å². The van der Waals surface area contributed by atoms with Crippen LogP contribution in [0.5, 0.6) is 0 Å². The zero-order valence-corrected chi connectivity index (χ0v) is 59.0. The number of nitrogens with zero attached hydrogens (tertiary/aromatic N) is 6. The van der Waals surface area contributed by atoms with E-state index in [-0.39, 0.29) is 86.3 Å². The van der Waals surface area contributed by atoms with Gasteiger partial charge in [-0.3, -0.25) is 52.7 Å². The summed E-state index contributed by atoms with van der Waals surface area (Å²) in [5, 5.41) is 38.7. The van der Waals surface area contributed by atoms with Crippen LogP contribution < -0.4 is 16.0 Å². The number of carbonyl (C=O) groups is 11. The number of Topliss-reactive ketones (excluding diaryl/α,β-unsaturated/α-hetero) is 2. The lowest BCUT2D eigenvalue weighted by Crippen LogP contribution is -2.63. The number of ether oxygens (including phenoxy) is 1. The highest BCUT2D eigenvalue weighted by atomic mass is 16.5. The molecule has 0 aliphatic carbocycles. The number of nitrogens with one attached hydrogen (secondary N) is 3. The summed E-state index contributed by atoms with van der Waals surface area (Å²) < 4.78 is 5.88. The summed E-state index contributed by atoms with van der Waals surface area (Å²) in [7, 11) is 10.1. The highest BCUT2D eigenvalue weighted by Gasteiger charge is 2.45. The van der Waals surface area contributed by atoms with Crippen molar-refractivity contribution in [3.63, 3.8) is 0 Å². The summed E-state index contributed by atoms with van der Waals surface area (Å²) >= 11 is 0. The van der Waals surface area contributed by atoms with Crippen molar-refractivity contribution >= 4 is 64.8 Å². The fraction of sp³-hybridized carbons (Fsp3) is 0.803. The Bertz CT molecular complexity index is 2370. The Kier molecular flexibility index (Phi) is 38.2. The molecule has 0 aromatic rings. The molecule has 0 saturated carbocycles. The van der Waals surface area contributed by atoms with Crippen molar-refractivity contribution in [3.8, 4) is 0 Å². The van der Waals surface area contributed by atoms with E-state index in [1.807, 2.05) is 55.4 Å². The molecule has 90 heavy (non-hydrogen) atoms. The van der Waals surface area contributed by atoms with Gasteiger partial charge in [0, 0.05) is 80.2 Å². The van der Waals surface area contributed by atoms with E-state index < -0.39 is 138 Å². The van der Waals surface area contributed by atoms with Crippen LogP contribution in [0.15, 0.2) is 12.2 Å². The number of likely N-dealkylation sites (N-methyl/N-ethyl adjacent to an activating group) is 7. The normalized spacial score (nSPS) is 16.2. The molecule has 0 aliphatic rings. The molecule has 0 rings (SSSR count). The maximum atomic E-state index is 15.1. The standard InChI is InChI=1S/C66H119N9O15/c1-24-26-29-43(13)58(81)57(60(83)69-48(25-2)63(86)70(18)37-54(79)80)75(23)66(89)56(42(11)12)74(22)65(88)51(34-40(7)8)73(21)64(87)50(33-39(5)6)72(20)61(84)45(15)68-59(82)44(14)35-52(77)49(32-38(3)4)71(19)62(85)47(41(9)10)36-53(78)55(67-17)46(16)90-31-28-27-30-76/h24,26,38-51,55-58,67,76,81H,25,27-37H2,1-23H3,(H,68,82)(H,69,83)(H,79,80)/b26-24+/t43-,44-,45-,46+,47+,48+,49-,50+,51+,55+,56+,57+,58-/m1/s1. The second kappa shape index (κ2) is 40.9. The van der Waals surface area contributed by atoms with Gasteiger partial charge in [0.2, 0.25) is 47.3 Å². The highest BCUT2D eigenvalue weighted by Crippen LogP contribution is 2.27. The summed E-state index contributed by atoms with van der Waals surface area (Å²) in [5.41, 5.74) is 0. The lowest BCUT2D eigenvalue weighted by Gasteiger charge is -2.41. The van der Waals surface area contributed by atoms with Gasteiger partial charge in [0.15, 0.2) is 11.6 Å². The summed E-state index contributed by atoms with van der Waals surface area (Å²) in [4.78, 5) is 162. The van der Waals surface area contributed by atoms with Gasteiger partial charge in [0.05, 0.1) is 24.3 Å². The van der Waals surface area contributed by atoms with Crippen LogP contribution in [0.1, 0.15) is 169 Å². The van der Waals surface area contributed by atoms with E-state index in [0.29, 0.717) is 25.9 Å². The van der Waals surface area contributed by atoms with Crippen LogP contribution in [0.3, 0.4) is 0 Å². The highest BCUT2D eigenvalue weighted by molar-refractivity contribution is 5.99. The molecule has 0 fully saturated rings. The minimum absolute atomic E-state index is 0.0317. The van der Waals surface area contributed by atoms with Crippen LogP contribution in [0.2, 0.25) is 0 Å². The third kappa shape index (κ3) is 26.0. The van der Waals surface area contributed by atoms with Crippen molar-refractivity contribution in [2.24, 2.45) is 47.3 Å². The first-order chi connectivity index (χ1) is 41.7. The Morgan fingerprint density at radius 2 is 1.04 bits per heavy atom. The van der Waals surface area contributed by atoms with Crippen molar-refractivity contribution in [1.29, 1.82) is 0 Å². The molecular weight excluding hydrogens is 1160 g/mol. The van der Waals surface area contributed by atoms with Crippen molar-refractivity contribution in [2.45, 2.75) is 229 Å². The number of carboxylic acid groups (broad SMARTS) is 1. The molecule has 8 amide bonds. The molecule has 0 spiro atoms. The topological polar surface area (TPSA) is 313 Å². The largest absolute Gasteiger partial charge is 0.480 e. The summed E-state index contributed by atoms with van der Waals surface area (Å²) in [6, 6.07) is -9.21. The Labute approximate surface area is 538 Å².